The van der Waals surface area contributed by atoms with Gasteiger partial charge in [-0.25, -0.2) is 0 Å². The average molecular weight is 277 g/mol. The zero-order chi connectivity index (χ0) is 14.9. The molecule has 1 N–H and O–H groups in total. The van der Waals surface area contributed by atoms with Gasteiger partial charge in [-0.05, 0) is 26.8 Å². The number of carbonyl (C=O) groups excluding carboxylic acids is 1. The van der Waals surface area contributed by atoms with Gasteiger partial charge < -0.3 is 14.3 Å². The van der Waals surface area contributed by atoms with Crippen LogP contribution < -0.4 is 5.32 Å². The molecule has 0 radical (unpaired) electrons. The van der Waals surface area contributed by atoms with Crippen molar-refractivity contribution in [2.45, 2.75) is 46.6 Å². The highest BCUT2D eigenvalue weighted by Crippen LogP contribution is 2.22. The van der Waals surface area contributed by atoms with E-state index in [-0.39, 0.29) is 17.9 Å². The molecule has 6 nitrogen and oxygen atoms in total. The molecule has 0 saturated carbocycles. The molecule has 0 spiro atoms. The SMILES string of the molecule is Cc1noc(C(C)NC(=O)c2cc(C(C)C)oc2C)n1. The first-order valence-electron chi connectivity index (χ1n) is 6.60. The van der Waals surface area contributed by atoms with Crippen molar-refractivity contribution in [3.05, 3.63) is 34.9 Å². The molecule has 0 saturated heterocycles. The number of nitrogens with one attached hydrogen (secondary N) is 1. The Morgan fingerprint density at radius 3 is 2.50 bits per heavy atom. The van der Waals surface area contributed by atoms with Crippen molar-refractivity contribution in [3.8, 4) is 0 Å². The monoisotopic (exact) mass is 277 g/mol. The van der Waals surface area contributed by atoms with Gasteiger partial charge in [-0.3, -0.25) is 4.79 Å². The summed E-state index contributed by atoms with van der Waals surface area (Å²) in [6, 6.07) is 1.43. The molecule has 1 atom stereocenters. The molecule has 2 heterocycles. The first-order chi connectivity index (χ1) is 9.38. The topological polar surface area (TPSA) is 81.2 Å². The van der Waals surface area contributed by atoms with Crippen LogP contribution in [0.15, 0.2) is 15.0 Å². The van der Waals surface area contributed by atoms with Gasteiger partial charge in [0.2, 0.25) is 5.89 Å². The second kappa shape index (κ2) is 5.48. The van der Waals surface area contributed by atoms with E-state index in [9.17, 15) is 4.79 Å². The molecule has 0 aliphatic heterocycles. The molecule has 2 aromatic heterocycles. The van der Waals surface area contributed by atoms with Crippen LogP contribution in [0.1, 0.15) is 66.3 Å². The van der Waals surface area contributed by atoms with Crippen LogP contribution in [-0.2, 0) is 0 Å². The minimum absolute atomic E-state index is 0.207. The predicted octanol–water partition coefficient (Wildman–Crippen LogP) is 2.89. The fraction of sp³-hybridized carbons (Fsp3) is 0.500. The molecule has 6 heteroatoms. The normalized spacial score (nSPS) is 12.7. The number of hydrogen-bond donors (Lipinski definition) is 1. The van der Waals surface area contributed by atoms with Crippen LogP contribution in [0.5, 0.6) is 0 Å². The van der Waals surface area contributed by atoms with E-state index in [1.54, 1.807) is 26.8 Å². The quantitative estimate of drug-likeness (QED) is 0.929. The van der Waals surface area contributed by atoms with Crippen LogP contribution in [0.4, 0.5) is 0 Å². The van der Waals surface area contributed by atoms with Gasteiger partial charge in [-0.1, -0.05) is 19.0 Å². The highest BCUT2D eigenvalue weighted by molar-refractivity contribution is 5.95. The molecular weight excluding hydrogens is 258 g/mol. The van der Waals surface area contributed by atoms with Crippen molar-refractivity contribution in [1.29, 1.82) is 0 Å². The first kappa shape index (κ1) is 14.3. The lowest BCUT2D eigenvalue weighted by Crippen LogP contribution is -2.27. The van der Waals surface area contributed by atoms with E-state index in [2.05, 4.69) is 15.5 Å². The highest BCUT2D eigenvalue weighted by atomic mass is 16.5. The smallest absolute Gasteiger partial charge is 0.255 e. The van der Waals surface area contributed by atoms with Crippen molar-refractivity contribution < 1.29 is 13.7 Å². The Balaban J connectivity index is 2.12. The van der Waals surface area contributed by atoms with Crippen LogP contribution in [-0.4, -0.2) is 16.0 Å². The third kappa shape index (κ3) is 2.89. The molecule has 1 unspecified atom stereocenters. The number of carbonyl (C=O) groups is 1. The Kier molecular flexibility index (Phi) is 3.92. The number of amides is 1. The molecule has 0 bridgehead atoms. The van der Waals surface area contributed by atoms with Crippen LogP contribution in [0, 0.1) is 13.8 Å². The van der Waals surface area contributed by atoms with Gasteiger partial charge in [-0.15, -0.1) is 0 Å². The van der Waals surface area contributed by atoms with Crippen LogP contribution in [0.25, 0.3) is 0 Å². The van der Waals surface area contributed by atoms with Gasteiger partial charge in [-0.2, -0.15) is 4.98 Å². The second-order valence-corrected chi connectivity index (χ2v) is 5.15. The summed E-state index contributed by atoms with van der Waals surface area (Å²) in [6.45, 7) is 9.34. The largest absolute Gasteiger partial charge is 0.465 e. The summed E-state index contributed by atoms with van der Waals surface area (Å²) in [5, 5.41) is 6.53. The number of aryl methyl sites for hydroxylation is 2. The Morgan fingerprint density at radius 1 is 1.30 bits per heavy atom. The Labute approximate surface area is 117 Å². The van der Waals surface area contributed by atoms with E-state index < -0.39 is 0 Å². The predicted molar refractivity (Wildman–Crippen MR) is 72.5 cm³/mol. The van der Waals surface area contributed by atoms with Crippen molar-refractivity contribution >= 4 is 5.91 Å². The van der Waals surface area contributed by atoms with E-state index in [0.29, 0.717) is 23.0 Å². The highest BCUT2D eigenvalue weighted by Gasteiger charge is 2.20. The van der Waals surface area contributed by atoms with E-state index in [1.165, 1.54) is 0 Å². The lowest BCUT2D eigenvalue weighted by Gasteiger charge is -2.08. The van der Waals surface area contributed by atoms with Crippen molar-refractivity contribution in [2.75, 3.05) is 0 Å². The average Bonchev–Trinajstić information content (AvgIpc) is 2.95. The van der Waals surface area contributed by atoms with Crippen molar-refractivity contribution in [3.63, 3.8) is 0 Å². The number of rotatable bonds is 4. The Hall–Kier alpha value is -2.11. The molecule has 20 heavy (non-hydrogen) atoms. The van der Waals surface area contributed by atoms with Crippen molar-refractivity contribution in [1.82, 2.24) is 15.5 Å². The summed E-state index contributed by atoms with van der Waals surface area (Å²) in [7, 11) is 0. The molecular formula is C14H19N3O3. The zero-order valence-corrected chi connectivity index (χ0v) is 12.4. The van der Waals surface area contributed by atoms with E-state index in [4.69, 9.17) is 8.94 Å². The molecule has 0 fully saturated rings. The minimum atomic E-state index is -0.347. The van der Waals surface area contributed by atoms with Gasteiger partial charge in [0, 0.05) is 5.92 Å². The molecule has 1 amide bonds. The summed E-state index contributed by atoms with van der Waals surface area (Å²) < 4.78 is 10.6. The van der Waals surface area contributed by atoms with Crippen LogP contribution >= 0.6 is 0 Å². The van der Waals surface area contributed by atoms with E-state index in [0.717, 1.165) is 5.76 Å². The number of hydrogen-bond acceptors (Lipinski definition) is 5. The second-order valence-electron chi connectivity index (χ2n) is 5.15. The van der Waals surface area contributed by atoms with E-state index >= 15 is 0 Å². The maximum absolute atomic E-state index is 12.2. The minimum Gasteiger partial charge on any atom is -0.465 e. The van der Waals surface area contributed by atoms with Crippen LogP contribution in [0.3, 0.4) is 0 Å². The summed E-state index contributed by atoms with van der Waals surface area (Å²) in [5.74, 6) is 2.38. The molecule has 2 aromatic rings. The van der Waals surface area contributed by atoms with Gasteiger partial charge in [0.05, 0.1) is 5.56 Å². The maximum atomic E-state index is 12.2. The Morgan fingerprint density at radius 2 is 2.00 bits per heavy atom. The third-order valence-electron chi connectivity index (χ3n) is 3.01. The van der Waals surface area contributed by atoms with Gasteiger partial charge >= 0.3 is 0 Å². The maximum Gasteiger partial charge on any atom is 0.255 e. The third-order valence-corrected chi connectivity index (χ3v) is 3.01. The summed E-state index contributed by atoms with van der Waals surface area (Å²) in [5.41, 5.74) is 0.539. The summed E-state index contributed by atoms with van der Waals surface area (Å²) in [4.78, 5) is 16.3. The van der Waals surface area contributed by atoms with E-state index in [1.807, 2.05) is 13.8 Å². The van der Waals surface area contributed by atoms with Crippen molar-refractivity contribution in [2.24, 2.45) is 0 Å². The molecule has 2 rings (SSSR count). The fourth-order valence-corrected chi connectivity index (χ4v) is 1.84. The lowest BCUT2D eigenvalue weighted by molar-refractivity contribution is 0.0931. The molecule has 108 valence electrons. The molecule has 0 aromatic carbocycles. The Bertz CT molecular complexity index is 613. The fourth-order valence-electron chi connectivity index (χ4n) is 1.84. The lowest BCUT2D eigenvalue weighted by atomic mass is 10.1. The van der Waals surface area contributed by atoms with Gasteiger partial charge in [0.1, 0.15) is 17.6 Å². The summed E-state index contributed by atoms with van der Waals surface area (Å²) in [6.07, 6.45) is 0. The van der Waals surface area contributed by atoms with Crippen LogP contribution in [0.2, 0.25) is 0 Å². The number of aromatic nitrogens is 2. The van der Waals surface area contributed by atoms with Gasteiger partial charge in [0.25, 0.3) is 5.91 Å². The number of nitrogens with zero attached hydrogens (tertiary/aromatic N) is 2. The first-order valence-corrected chi connectivity index (χ1v) is 6.60. The zero-order valence-electron chi connectivity index (χ0n) is 12.4. The standard InChI is InChI=1S/C14H19N3O3/c1-7(2)12-6-11(9(4)19-12)13(18)15-8(3)14-16-10(5)17-20-14/h6-8H,1-5H3,(H,15,18). The number of furan rings is 1. The molecule has 0 aliphatic rings. The van der Waals surface area contributed by atoms with Gasteiger partial charge in [0.15, 0.2) is 5.82 Å². The molecule has 0 aliphatic carbocycles. The summed E-state index contributed by atoms with van der Waals surface area (Å²) >= 11 is 0.